The first-order valence-electron chi connectivity index (χ1n) is 4.95. The number of nitrogens with zero attached hydrogens (tertiary/aromatic N) is 1. The molecule has 0 saturated carbocycles. The normalized spacial score (nSPS) is 10.4. The molecule has 1 heterocycles. The molecule has 0 aliphatic heterocycles. The summed E-state index contributed by atoms with van der Waals surface area (Å²) in [6, 6.07) is 1.66. The van der Waals surface area contributed by atoms with Crippen LogP contribution in [0.5, 0.6) is 0 Å². The maximum atomic E-state index is 5.93. The molecule has 16 heavy (non-hydrogen) atoms. The smallest absolute Gasteiger partial charge is 0.144 e. The lowest BCUT2D eigenvalue weighted by Gasteiger charge is -2.08. The molecule has 5 nitrogen and oxygen atoms in total. The molecular formula is C10H16ClN3O2. The van der Waals surface area contributed by atoms with E-state index in [1.54, 1.807) is 19.4 Å². The summed E-state index contributed by atoms with van der Waals surface area (Å²) >= 11 is 5.93. The quantitative estimate of drug-likeness (QED) is 0.711. The van der Waals surface area contributed by atoms with Crippen LogP contribution in [-0.2, 0) is 9.47 Å². The first-order valence-corrected chi connectivity index (χ1v) is 5.33. The summed E-state index contributed by atoms with van der Waals surface area (Å²) in [5, 5.41) is 3.56. The highest BCUT2D eigenvalue weighted by atomic mass is 35.5. The van der Waals surface area contributed by atoms with Crippen LogP contribution in [0.2, 0.25) is 5.02 Å². The molecule has 1 aromatic rings. The second-order valence-corrected chi connectivity index (χ2v) is 3.54. The second kappa shape index (κ2) is 7.27. The van der Waals surface area contributed by atoms with Crippen molar-refractivity contribution in [2.24, 2.45) is 0 Å². The van der Waals surface area contributed by atoms with E-state index >= 15 is 0 Å². The van der Waals surface area contributed by atoms with Crippen molar-refractivity contribution in [3.63, 3.8) is 0 Å². The Hall–Kier alpha value is -1.04. The largest absolute Gasteiger partial charge is 0.397 e. The number of nitrogens with two attached hydrogens (primary N) is 1. The molecule has 0 amide bonds. The standard InChI is InChI=1S/C10H16ClN3O2/c1-15-4-5-16-3-2-13-10-9(11)6-8(12)7-14-10/h6-7H,2-5,12H2,1H3,(H,13,14). The summed E-state index contributed by atoms with van der Waals surface area (Å²) in [5.41, 5.74) is 6.07. The first kappa shape index (κ1) is 13.0. The number of hydrogen-bond acceptors (Lipinski definition) is 5. The van der Waals surface area contributed by atoms with Crippen LogP contribution < -0.4 is 11.1 Å². The molecule has 6 heteroatoms. The molecule has 0 aliphatic carbocycles. The van der Waals surface area contributed by atoms with Crippen molar-refractivity contribution >= 4 is 23.1 Å². The molecular weight excluding hydrogens is 230 g/mol. The Morgan fingerprint density at radius 3 is 2.94 bits per heavy atom. The maximum Gasteiger partial charge on any atom is 0.144 e. The van der Waals surface area contributed by atoms with Gasteiger partial charge in [-0.05, 0) is 6.07 Å². The minimum absolute atomic E-state index is 0.511. The maximum absolute atomic E-state index is 5.93. The number of methoxy groups -OCH3 is 1. The van der Waals surface area contributed by atoms with Gasteiger partial charge in [-0.1, -0.05) is 11.6 Å². The monoisotopic (exact) mass is 245 g/mol. The number of hydrogen-bond donors (Lipinski definition) is 2. The van der Waals surface area contributed by atoms with Crippen LogP contribution in [0.3, 0.4) is 0 Å². The Labute approximate surface area is 99.9 Å². The van der Waals surface area contributed by atoms with Crippen LogP contribution in [-0.4, -0.2) is 38.5 Å². The number of anilines is 2. The van der Waals surface area contributed by atoms with Crippen LogP contribution in [0.15, 0.2) is 12.3 Å². The summed E-state index contributed by atoms with van der Waals surface area (Å²) in [4.78, 5) is 4.06. The van der Waals surface area contributed by atoms with E-state index < -0.39 is 0 Å². The van der Waals surface area contributed by atoms with Crippen molar-refractivity contribution in [3.8, 4) is 0 Å². The lowest BCUT2D eigenvalue weighted by atomic mass is 10.4. The third kappa shape index (κ3) is 4.65. The molecule has 3 N–H and O–H groups in total. The summed E-state index contributed by atoms with van der Waals surface area (Å²) < 4.78 is 10.1. The molecule has 0 atom stereocenters. The topological polar surface area (TPSA) is 69.4 Å². The van der Waals surface area contributed by atoms with Gasteiger partial charge >= 0.3 is 0 Å². The van der Waals surface area contributed by atoms with Crippen molar-refractivity contribution in [2.45, 2.75) is 0 Å². The van der Waals surface area contributed by atoms with Gasteiger partial charge in [-0.3, -0.25) is 0 Å². The minimum atomic E-state index is 0.511. The Bertz CT molecular complexity index is 323. The zero-order valence-electron chi connectivity index (χ0n) is 9.20. The number of ether oxygens (including phenoxy) is 2. The van der Waals surface area contributed by atoms with Crippen molar-refractivity contribution < 1.29 is 9.47 Å². The second-order valence-electron chi connectivity index (χ2n) is 3.13. The lowest BCUT2D eigenvalue weighted by molar-refractivity contribution is 0.0759. The number of pyridine rings is 1. The van der Waals surface area contributed by atoms with Crippen LogP contribution in [0.1, 0.15) is 0 Å². The Kier molecular flexibility index (Phi) is 5.92. The summed E-state index contributed by atoms with van der Waals surface area (Å²) in [6.07, 6.45) is 1.56. The zero-order valence-corrected chi connectivity index (χ0v) is 9.96. The van der Waals surface area contributed by atoms with Crippen molar-refractivity contribution in [1.82, 2.24) is 4.98 Å². The summed E-state index contributed by atoms with van der Waals surface area (Å²) in [6.45, 7) is 2.40. The highest BCUT2D eigenvalue weighted by Crippen LogP contribution is 2.20. The average Bonchev–Trinajstić information content (AvgIpc) is 2.26. The summed E-state index contributed by atoms with van der Waals surface area (Å²) in [5.74, 6) is 0.617. The molecule has 0 spiro atoms. The van der Waals surface area contributed by atoms with E-state index in [2.05, 4.69) is 10.3 Å². The molecule has 0 fully saturated rings. The summed E-state index contributed by atoms with van der Waals surface area (Å²) in [7, 11) is 1.64. The van der Waals surface area contributed by atoms with Gasteiger partial charge in [0, 0.05) is 13.7 Å². The van der Waals surface area contributed by atoms with Crippen molar-refractivity contribution in [1.29, 1.82) is 0 Å². The van der Waals surface area contributed by atoms with Gasteiger partial charge in [0.1, 0.15) is 5.82 Å². The van der Waals surface area contributed by atoms with Crippen LogP contribution in [0.25, 0.3) is 0 Å². The molecule has 0 aromatic carbocycles. The van der Waals surface area contributed by atoms with Gasteiger partial charge < -0.3 is 20.5 Å². The fraction of sp³-hybridized carbons (Fsp3) is 0.500. The molecule has 0 saturated heterocycles. The third-order valence-corrected chi connectivity index (χ3v) is 2.12. The number of halogens is 1. The lowest BCUT2D eigenvalue weighted by Crippen LogP contribution is -2.13. The predicted molar refractivity (Wildman–Crippen MR) is 64.8 cm³/mol. The van der Waals surface area contributed by atoms with E-state index in [1.807, 2.05) is 0 Å². The third-order valence-electron chi connectivity index (χ3n) is 1.83. The van der Waals surface area contributed by atoms with E-state index in [9.17, 15) is 0 Å². The highest BCUT2D eigenvalue weighted by molar-refractivity contribution is 6.33. The van der Waals surface area contributed by atoms with E-state index in [4.69, 9.17) is 26.8 Å². The molecule has 0 radical (unpaired) electrons. The Balaban J connectivity index is 2.21. The number of nitrogens with one attached hydrogen (secondary N) is 1. The van der Waals surface area contributed by atoms with E-state index in [1.165, 1.54) is 0 Å². The number of nitrogen functional groups attached to an aromatic ring is 1. The minimum Gasteiger partial charge on any atom is -0.397 e. The fourth-order valence-corrected chi connectivity index (χ4v) is 1.31. The van der Waals surface area contributed by atoms with E-state index in [-0.39, 0.29) is 0 Å². The first-order chi connectivity index (χ1) is 7.74. The van der Waals surface area contributed by atoms with Gasteiger partial charge in [0.15, 0.2) is 0 Å². The number of aromatic nitrogens is 1. The Morgan fingerprint density at radius 2 is 2.25 bits per heavy atom. The molecule has 0 bridgehead atoms. The van der Waals surface area contributed by atoms with Crippen molar-refractivity contribution in [3.05, 3.63) is 17.3 Å². The van der Waals surface area contributed by atoms with Gasteiger partial charge in [0.2, 0.25) is 0 Å². The van der Waals surface area contributed by atoms with Crippen molar-refractivity contribution in [2.75, 3.05) is 44.5 Å². The Morgan fingerprint density at radius 1 is 1.44 bits per heavy atom. The SMILES string of the molecule is COCCOCCNc1ncc(N)cc1Cl. The van der Waals surface area contributed by atoms with Gasteiger partial charge in [-0.2, -0.15) is 0 Å². The van der Waals surface area contributed by atoms with Crippen LogP contribution in [0.4, 0.5) is 11.5 Å². The molecule has 90 valence electrons. The van der Waals surface area contributed by atoms with Crippen LogP contribution >= 0.6 is 11.6 Å². The predicted octanol–water partition coefficient (Wildman–Crippen LogP) is 1.39. The molecule has 0 unspecified atom stereocenters. The highest BCUT2D eigenvalue weighted by Gasteiger charge is 2.00. The fourth-order valence-electron chi connectivity index (χ4n) is 1.07. The van der Waals surface area contributed by atoms with E-state index in [0.717, 1.165) is 0 Å². The van der Waals surface area contributed by atoms with Gasteiger partial charge in [0.05, 0.1) is 36.7 Å². The number of rotatable bonds is 7. The van der Waals surface area contributed by atoms with Gasteiger partial charge in [-0.25, -0.2) is 4.98 Å². The zero-order chi connectivity index (χ0) is 11.8. The molecule has 1 aromatic heterocycles. The molecule has 1 rings (SSSR count). The molecule has 0 aliphatic rings. The average molecular weight is 246 g/mol. The van der Waals surface area contributed by atoms with Gasteiger partial charge in [0.25, 0.3) is 0 Å². The van der Waals surface area contributed by atoms with Crippen LogP contribution in [0, 0.1) is 0 Å². The van der Waals surface area contributed by atoms with E-state index in [0.29, 0.717) is 42.9 Å². The van der Waals surface area contributed by atoms with Gasteiger partial charge in [-0.15, -0.1) is 0 Å².